The van der Waals surface area contributed by atoms with Gasteiger partial charge in [-0.2, -0.15) is 0 Å². The van der Waals surface area contributed by atoms with Gasteiger partial charge in [0.2, 0.25) is 5.56 Å². The Labute approximate surface area is 179 Å². The predicted molar refractivity (Wildman–Crippen MR) is 117 cm³/mol. The molecule has 1 amide bonds. The highest BCUT2D eigenvalue weighted by Gasteiger charge is 2.18. The molecule has 1 unspecified atom stereocenters. The number of nitrogens with one attached hydrogen (secondary N) is 4. The summed E-state index contributed by atoms with van der Waals surface area (Å²) in [7, 11) is 5.97. The molecule has 5 N–H and O–H groups in total. The summed E-state index contributed by atoms with van der Waals surface area (Å²) in [6.45, 7) is 3.29. The van der Waals surface area contributed by atoms with Gasteiger partial charge in [0.1, 0.15) is 19.4 Å². The Bertz CT molecular complexity index is 1090. The molecule has 8 nitrogen and oxygen atoms in total. The molecule has 30 heavy (non-hydrogen) atoms. The van der Waals surface area contributed by atoms with Gasteiger partial charge in [0.05, 0.1) is 17.7 Å². The maximum absolute atomic E-state index is 12.6. The minimum Gasteiger partial charge on any atom is -0.394 e. The summed E-state index contributed by atoms with van der Waals surface area (Å²) < 4.78 is 0. The van der Waals surface area contributed by atoms with Crippen LogP contribution in [0, 0.1) is 0 Å². The van der Waals surface area contributed by atoms with Crippen LogP contribution in [0.2, 0.25) is 5.02 Å². The van der Waals surface area contributed by atoms with E-state index in [0.29, 0.717) is 27.5 Å². The lowest BCUT2D eigenvalue weighted by Gasteiger charge is -2.22. The van der Waals surface area contributed by atoms with Gasteiger partial charge >= 0.3 is 0 Å². The molecule has 3 heterocycles. The highest BCUT2D eigenvalue weighted by molar-refractivity contribution is 6.33. The van der Waals surface area contributed by atoms with E-state index >= 15 is 0 Å². The van der Waals surface area contributed by atoms with Gasteiger partial charge in [-0.15, -0.1) is 0 Å². The van der Waals surface area contributed by atoms with Crippen molar-refractivity contribution < 1.29 is 9.90 Å². The maximum atomic E-state index is 12.6. The van der Waals surface area contributed by atoms with E-state index in [9.17, 15) is 14.7 Å². The molecule has 1 atom stereocenters. The third kappa shape index (κ3) is 5.31. The number of hydrogen-bond acceptors (Lipinski definition) is 5. The van der Waals surface area contributed by atoms with Crippen molar-refractivity contribution in [3.63, 3.8) is 0 Å². The van der Waals surface area contributed by atoms with E-state index in [-0.39, 0.29) is 17.9 Å². The maximum Gasteiger partial charge on any atom is 0.268 e. The van der Waals surface area contributed by atoms with Crippen LogP contribution in [0.15, 0.2) is 47.7 Å². The van der Waals surface area contributed by atoms with Crippen LogP contribution in [-0.2, 0) is 0 Å². The molecule has 0 aromatic carbocycles. The van der Waals surface area contributed by atoms with Gasteiger partial charge in [0.15, 0.2) is 0 Å². The van der Waals surface area contributed by atoms with Crippen molar-refractivity contribution in [3.05, 3.63) is 69.5 Å². The number of rotatable bonds is 7. The third-order valence-corrected chi connectivity index (χ3v) is 4.54. The number of halogens is 1. The van der Waals surface area contributed by atoms with E-state index in [2.05, 4.69) is 25.6 Å². The van der Waals surface area contributed by atoms with Gasteiger partial charge in [-0.3, -0.25) is 9.59 Å². The Balaban J connectivity index is 1.80. The number of aromatic amines is 2. The molecule has 3 aromatic rings. The lowest BCUT2D eigenvalue weighted by molar-refractivity contribution is 0.0911. The van der Waals surface area contributed by atoms with Gasteiger partial charge in [-0.1, -0.05) is 25.4 Å². The summed E-state index contributed by atoms with van der Waals surface area (Å²) in [5.41, 5.74) is 1.30. The lowest BCUT2D eigenvalue weighted by Crippen LogP contribution is -2.31. The first-order chi connectivity index (χ1) is 14.2. The second-order valence-electron chi connectivity index (χ2n) is 7.39. The summed E-state index contributed by atoms with van der Waals surface area (Å²) in [5, 5.41) is 15.8. The van der Waals surface area contributed by atoms with Gasteiger partial charge in [-0.25, -0.2) is 4.98 Å². The van der Waals surface area contributed by atoms with Crippen molar-refractivity contribution in [3.8, 4) is 11.1 Å². The number of anilines is 1. The minimum absolute atomic E-state index is 0.267. The molecule has 0 bridgehead atoms. The molecule has 0 spiro atoms. The van der Waals surface area contributed by atoms with E-state index in [1.54, 1.807) is 24.4 Å². The van der Waals surface area contributed by atoms with Gasteiger partial charge < -0.3 is 25.7 Å². The molecule has 10 heteroatoms. The quantitative estimate of drug-likeness (QED) is 0.371. The van der Waals surface area contributed by atoms with Crippen LogP contribution in [0.25, 0.3) is 11.1 Å². The van der Waals surface area contributed by atoms with Crippen LogP contribution in [0.1, 0.15) is 35.9 Å². The first kappa shape index (κ1) is 21.7. The van der Waals surface area contributed by atoms with Crippen LogP contribution in [-0.4, -0.2) is 45.9 Å². The molecular weight excluding hydrogens is 405 g/mol. The molecule has 3 rings (SSSR count). The normalized spacial score (nSPS) is 12.4. The van der Waals surface area contributed by atoms with E-state index in [1.807, 2.05) is 13.8 Å². The zero-order valence-electron chi connectivity index (χ0n) is 16.5. The first-order valence-electron chi connectivity index (χ1n) is 9.18. The average molecular weight is 426 g/mol. The van der Waals surface area contributed by atoms with Crippen molar-refractivity contribution in [2.75, 3.05) is 11.9 Å². The number of carbonyl (C=O) groups excluding carboxylic acids is 1. The summed E-state index contributed by atoms with van der Waals surface area (Å²) in [6, 6.07) is 5.60. The molecule has 0 aliphatic rings. The monoisotopic (exact) mass is 425 g/mol. The Morgan fingerprint density at radius 1 is 1.30 bits per heavy atom. The molecule has 154 valence electrons. The number of carbonyl (C=O) groups is 1. The van der Waals surface area contributed by atoms with Gasteiger partial charge in [0.25, 0.3) is 5.91 Å². The number of H-pyrrole nitrogens is 2. The molecule has 0 saturated heterocycles. The Kier molecular flexibility index (Phi) is 6.33. The standard InChI is InChI=1S/C20H21BClN5O3/c1-20(2,21)27-17-6-13(14(22)9-24-17)12-5-15(23-8-12)19(30)26-16(10-28)11-3-4-18(29)25-7-11/h3-9,16,23,28H,10H2,1-2H3,(H,24,27)(H,25,29)(H,26,30). The number of nitrogens with zero attached hydrogens (tertiary/aromatic N) is 1. The predicted octanol–water partition coefficient (Wildman–Crippen LogP) is 2.20. The van der Waals surface area contributed by atoms with Crippen molar-refractivity contribution in [1.82, 2.24) is 20.3 Å². The van der Waals surface area contributed by atoms with Gasteiger partial charge in [0, 0.05) is 35.8 Å². The Morgan fingerprint density at radius 3 is 2.70 bits per heavy atom. The second-order valence-corrected chi connectivity index (χ2v) is 7.80. The molecule has 0 fully saturated rings. The summed E-state index contributed by atoms with van der Waals surface area (Å²) >= 11 is 6.29. The molecular formula is C20H21BClN5O3. The summed E-state index contributed by atoms with van der Waals surface area (Å²) in [6.07, 6.45) is 4.62. The molecule has 3 aromatic heterocycles. The number of amides is 1. The lowest BCUT2D eigenvalue weighted by atomic mass is 9.82. The second kappa shape index (κ2) is 8.77. The fourth-order valence-electron chi connectivity index (χ4n) is 2.85. The number of hydrogen-bond donors (Lipinski definition) is 5. The molecule has 2 radical (unpaired) electrons. The zero-order valence-corrected chi connectivity index (χ0v) is 17.2. The number of pyridine rings is 2. The zero-order chi connectivity index (χ0) is 21.9. The minimum atomic E-state index is -0.673. The number of aromatic nitrogens is 3. The Morgan fingerprint density at radius 2 is 2.07 bits per heavy atom. The largest absolute Gasteiger partial charge is 0.394 e. The number of aliphatic hydroxyl groups is 1. The highest BCUT2D eigenvalue weighted by Crippen LogP contribution is 2.30. The molecule has 0 aliphatic carbocycles. The van der Waals surface area contributed by atoms with E-state index in [4.69, 9.17) is 19.4 Å². The highest BCUT2D eigenvalue weighted by atomic mass is 35.5. The summed E-state index contributed by atoms with van der Waals surface area (Å²) in [4.78, 5) is 33.5. The van der Waals surface area contributed by atoms with E-state index in [1.165, 1.54) is 18.5 Å². The Hall–Kier alpha value is -3.04. The fourth-order valence-corrected chi connectivity index (χ4v) is 3.06. The average Bonchev–Trinajstić information content (AvgIpc) is 3.17. The van der Waals surface area contributed by atoms with Gasteiger partial charge in [-0.05, 0) is 29.2 Å². The number of aliphatic hydroxyl groups excluding tert-OH is 1. The molecule has 0 aliphatic heterocycles. The fraction of sp³-hybridized carbons (Fsp3) is 0.250. The summed E-state index contributed by atoms with van der Waals surface area (Å²) in [5.74, 6) is 0.130. The van der Waals surface area contributed by atoms with Crippen LogP contribution in [0.3, 0.4) is 0 Å². The van der Waals surface area contributed by atoms with Crippen molar-refractivity contribution in [2.24, 2.45) is 0 Å². The van der Waals surface area contributed by atoms with Crippen molar-refractivity contribution >= 4 is 31.2 Å². The molecule has 0 saturated carbocycles. The van der Waals surface area contributed by atoms with Crippen LogP contribution >= 0.6 is 11.6 Å². The van der Waals surface area contributed by atoms with Crippen LogP contribution in [0.5, 0.6) is 0 Å². The van der Waals surface area contributed by atoms with E-state index < -0.39 is 17.4 Å². The van der Waals surface area contributed by atoms with E-state index in [0.717, 1.165) is 0 Å². The topological polar surface area (TPSA) is 123 Å². The van der Waals surface area contributed by atoms with Crippen LogP contribution < -0.4 is 16.2 Å². The van der Waals surface area contributed by atoms with Crippen LogP contribution in [0.4, 0.5) is 5.82 Å². The van der Waals surface area contributed by atoms with Crippen molar-refractivity contribution in [2.45, 2.75) is 25.3 Å². The first-order valence-corrected chi connectivity index (χ1v) is 9.56. The SMILES string of the molecule is [B]C(C)(C)Nc1cc(-c2c[nH]c(C(=O)NC(CO)c3ccc(=O)[nH]c3)c2)c(Cl)cn1. The third-order valence-electron chi connectivity index (χ3n) is 4.24. The smallest absolute Gasteiger partial charge is 0.268 e. The van der Waals surface area contributed by atoms with Crippen molar-refractivity contribution in [1.29, 1.82) is 0 Å².